The van der Waals surface area contributed by atoms with Crippen molar-refractivity contribution in [1.82, 2.24) is 15.8 Å². The summed E-state index contributed by atoms with van der Waals surface area (Å²) in [7, 11) is 0. The summed E-state index contributed by atoms with van der Waals surface area (Å²) in [5.41, 5.74) is 1.98. The standard InChI is InChI=1S/C19H22ClN3O5/c1-12-6-8-19(9-7-12)17(26)23(18(27)21-19)22-15(24)11-28-16(25)10-13-2-4-14(20)5-3-13/h2-5,12H,6-11H2,1H3,(H,21,27)(H,22,24). The fraction of sp³-hybridized carbons (Fsp3) is 0.474. The number of esters is 1. The van der Waals surface area contributed by atoms with Crippen LogP contribution >= 0.6 is 11.6 Å². The summed E-state index contributed by atoms with van der Waals surface area (Å²) in [5.74, 6) is -1.33. The van der Waals surface area contributed by atoms with Crippen LogP contribution in [0.25, 0.3) is 0 Å². The molecule has 9 heteroatoms. The first kappa shape index (κ1) is 20.1. The van der Waals surface area contributed by atoms with Crippen LogP contribution < -0.4 is 10.7 Å². The highest BCUT2D eigenvalue weighted by Crippen LogP contribution is 2.35. The van der Waals surface area contributed by atoms with Gasteiger partial charge >= 0.3 is 12.0 Å². The first-order valence-electron chi connectivity index (χ1n) is 9.15. The molecule has 0 bridgehead atoms. The Balaban J connectivity index is 1.49. The molecule has 150 valence electrons. The Bertz CT molecular complexity index is 787. The summed E-state index contributed by atoms with van der Waals surface area (Å²) < 4.78 is 4.92. The Morgan fingerprint density at radius 1 is 1.25 bits per heavy atom. The second kappa shape index (κ2) is 8.18. The van der Waals surface area contributed by atoms with E-state index >= 15 is 0 Å². The van der Waals surface area contributed by atoms with Gasteiger partial charge in [-0.2, -0.15) is 5.01 Å². The maximum atomic E-state index is 12.7. The molecule has 2 N–H and O–H groups in total. The summed E-state index contributed by atoms with van der Waals surface area (Å²) >= 11 is 5.78. The van der Waals surface area contributed by atoms with Gasteiger partial charge in [-0.25, -0.2) is 4.79 Å². The Morgan fingerprint density at radius 3 is 2.54 bits per heavy atom. The number of hydrazine groups is 1. The van der Waals surface area contributed by atoms with Crippen LogP contribution in [0.5, 0.6) is 0 Å². The summed E-state index contributed by atoms with van der Waals surface area (Å²) in [6, 6.07) is 6.00. The van der Waals surface area contributed by atoms with Crippen molar-refractivity contribution in [3.8, 4) is 0 Å². The van der Waals surface area contributed by atoms with E-state index in [2.05, 4.69) is 17.7 Å². The molecule has 1 aliphatic heterocycles. The first-order chi connectivity index (χ1) is 13.3. The molecule has 1 aliphatic carbocycles. The third-order valence-electron chi connectivity index (χ3n) is 5.15. The normalized spacial score (nSPS) is 24.2. The average molecular weight is 408 g/mol. The fourth-order valence-electron chi connectivity index (χ4n) is 3.44. The number of amides is 4. The summed E-state index contributed by atoms with van der Waals surface area (Å²) in [6.07, 6.45) is 2.73. The largest absolute Gasteiger partial charge is 0.455 e. The maximum absolute atomic E-state index is 12.7. The maximum Gasteiger partial charge on any atom is 0.344 e. The minimum atomic E-state index is -0.942. The lowest BCUT2D eigenvalue weighted by Gasteiger charge is -2.33. The molecular weight excluding hydrogens is 386 g/mol. The number of benzene rings is 1. The highest BCUT2D eigenvalue weighted by Gasteiger charge is 2.52. The molecule has 2 fully saturated rings. The zero-order chi connectivity index (χ0) is 20.3. The number of urea groups is 1. The van der Waals surface area contributed by atoms with Crippen LogP contribution in [0.1, 0.15) is 38.2 Å². The van der Waals surface area contributed by atoms with Crippen molar-refractivity contribution in [2.75, 3.05) is 6.61 Å². The van der Waals surface area contributed by atoms with E-state index in [0.29, 0.717) is 34.4 Å². The molecule has 0 unspecified atom stereocenters. The number of rotatable bonds is 5. The van der Waals surface area contributed by atoms with E-state index in [1.807, 2.05) is 0 Å². The molecule has 8 nitrogen and oxygen atoms in total. The monoisotopic (exact) mass is 407 g/mol. The first-order valence-corrected chi connectivity index (χ1v) is 9.53. The second-order valence-electron chi connectivity index (χ2n) is 7.33. The minimum Gasteiger partial charge on any atom is -0.455 e. The van der Waals surface area contributed by atoms with E-state index in [4.69, 9.17) is 16.3 Å². The molecule has 1 heterocycles. The Morgan fingerprint density at radius 2 is 1.89 bits per heavy atom. The van der Waals surface area contributed by atoms with Crippen molar-refractivity contribution in [3.05, 3.63) is 34.9 Å². The van der Waals surface area contributed by atoms with Gasteiger partial charge in [0.15, 0.2) is 6.61 Å². The fourth-order valence-corrected chi connectivity index (χ4v) is 3.56. The van der Waals surface area contributed by atoms with Crippen LogP contribution in [-0.2, 0) is 25.5 Å². The van der Waals surface area contributed by atoms with Crippen molar-refractivity contribution < 1.29 is 23.9 Å². The number of nitrogens with zero attached hydrogens (tertiary/aromatic N) is 1. The lowest BCUT2D eigenvalue weighted by Crippen LogP contribution is -2.52. The molecule has 1 spiro atoms. The predicted octanol–water partition coefficient (Wildman–Crippen LogP) is 1.96. The van der Waals surface area contributed by atoms with E-state index in [9.17, 15) is 19.2 Å². The molecule has 1 aromatic carbocycles. The Kier molecular flexibility index (Phi) is 5.88. The number of imide groups is 1. The number of carbonyl (C=O) groups excluding carboxylic acids is 4. The number of hydrogen-bond acceptors (Lipinski definition) is 5. The van der Waals surface area contributed by atoms with E-state index in [1.165, 1.54) is 0 Å². The number of ether oxygens (including phenoxy) is 1. The van der Waals surface area contributed by atoms with Crippen molar-refractivity contribution in [2.45, 2.75) is 44.6 Å². The zero-order valence-corrected chi connectivity index (χ0v) is 16.3. The van der Waals surface area contributed by atoms with Gasteiger partial charge in [0.1, 0.15) is 5.54 Å². The van der Waals surface area contributed by atoms with Crippen LogP contribution in [0.3, 0.4) is 0 Å². The van der Waals surface area contributed by atoms with Gasteiger partial charge in [0.05, 0.1) is 6.42 Å². The van der Waals surface area contributed by atoms with Crippen molar-refractivity contribution in [3.63, 3.8) is 0 Å². The Hall–Kier alpha value is -2.61. The molecule has 4 amide bonds. The van der Waals surface area contributed by atoms with Crippen LogP contribution in [0, 0.1) is 5.92 Å². The third kappa shape index (κ3) is 4.44. The minimum absolute atomic E-state index is 0.0190. The molecule has 0 radical (unpaired) electrons. The van der Waals surface area contributed by atoms with Crippen LogP contribution in [0.2, 0.25) is 5.02 Å². The number of nitrogens with one attached hydrogen (secondary N) is 2. The quantitative estimate of drug-likeness (QED) is 0.573. The van der Waals surface area contributed by atoms with Gasteiger partial charge in [0.25, 0.3) is 11.8 Å². The molecule has 1 aromatic rings. The van der Waals surface area contributed by atoms with E-state index < -0.39 is 36.0 Å². The molecule has 28 heavy (non-hydrogen) atoms. The lowest BCUT2D eigenvalue weighted by atomic mass is 9.77. The average Bonchev–Trinajstić information content (AvgIpc) is 2.89. The topological polar surface area (TPSA) is 105 Å². The predicted molar refractivity (Wildman–Crippen MR) is 100.0 cm³/mol. The van der Waals surface area contributed by atoms with Crippen LogP contribution in [-0.4, -0.2) is 41.0 Å². The van der Waals surface area contributed by atoms with Gasteiger partial charge in [-0.3, -0.25) is 19.8 Å². The van der Waals surface area contributed by atoms with Gasteiger partial charge < -0.3 is 10.1 Å². The zero-order valence-electron chi connectivity index (χ0n) is 15.5. The highest BCUT2D eigenvalue weighted by atomic mass is 35.5. The molecule has 3 rings (SSSR count). The molecule has 0 atom stereocenters. The molecule has 0 aromatic heterocycles. The van der Waals surface area contributed by atoms with Gasteiger partial charge in [0, 0.05) is 5.02 Å². The van der Waals surface area contributed by atoms with Gasteiger partial charge in [-0.05, 0) is 49.3 Å². The van der Waals surface area contributed by atoms with Crippen molar-refractivity contribution >= 4 is 35.4 Å². The summed E-state index contributed by atoms with van der Waals surface area (Å²) in [5, 5.41) is 3.94. The SMILES string of the molecule is CC1CCC2(CC1)NC(=O)N(NC(=O)COC(=O)Cc1ccc(Cl)cc1)C2=O. The van der Waals surface area contributed by atoms with Crippen LogP contribution in [0.15, 0.2) is 24.3 Å². The molecular formula is C19H22ClN3O5. The summed E-state index contributed by atoms with van der Waals surface area (Å²) in [4.78, 5) is 48.7. The molecule has 2 aliphatic rings. The number of carbonyl (C=O) groups is 4. The van der Waals surface area contributed by atoms with E-state index in [-0.39, 0.29) is 6.42 Å². The van der Waals surface area contributed by atoms with Gasteiger partial charge in [-0.15, -0.1) is 0 Å². The van der Waals surface area contributed by atoms with Gasteiger partial charge in [0.2, 0.25) is 0 Å². The molecule has 1 saturated heterocycles. The Labute approximate surface area is 167 Å². The van der Waals surface area contributed by atoms with E-state index in [1.54, 1.807) is 24.3 Å². The van der Waals surface area contributed by atoms with Gasteiger partial charge in [-0.1, -0.05) is 30.7 Å². The second-order valence-corrected chi connectivity index (χ2v) is 7.77. The number of hydrogen-bond donors (Lipinski definition) is 2. The summed E-state index contributed by atoms with van der Waals surface area (Å²) in [6.45, 7) is 1.51. The third-order valence-corrected chi connectivity index (χ3v) is 5.40. The van der Waals surface area contributed by atoms with Crippen molar-refractivity contribution in [1.29, 1.82) is 0 Å². The van der Waals surface area contributed by atoms with Crippen LogP contribution in [0.4, 0.5) is 4.79 Å². The highest BCUT2D eigenvalue weighted by molar-refractivity contribution is 6.30. The van der Waals surface area contributed by atoms with E-state index in [0.717, 1.165) is 12.8 Å². The van der Waals surface area contributed by atoms with Crippen molar-refractivity contribution in [2.24, 2.45) is 5.92 Å². The smallest absolute Gasteiger partial charge is 0.344 e. The molecule has 1 saturated carbocycles. The number of halogens is 1. The lowest BCUT2D eigenvalue weighted by molar-refractivity contribution is -0.150.